The standard InChI is InChI=1S/C48H32N2/c1-2-9-33(10-3-1)34-21-27-40(28-22-34)49(44-16-6-12-37-11-4-5-15-43(37)44)41-29-23-35(24-30-41)36-25-31-42(32-26-36)50-45-17-7-13-38-19-20-39-14-8-18-46(50)48(39)47(38)45/h1-32H. The molecule has 0 aliphatic heterocycles. The first-order chi connectivity index (χ1) is 24.8. The molecule has 0 aliphatic carbocycles. The summed E-state index contributed by atoms with van der Waals surface area (Å²) < 4.78 is 2.41. The van der Waals surface area contributed by atoms with Gasteiger partial charge in [0, 0.05) is 33.2 Å². The minimum atomic E-state index is 1.12. The third-order valence-electron chi connectivity index (χ3n) is 10.1. The van der Waals surface area contributed by atoms with Crippen LogP contribution in [0.4, 0.5) is 17.1 Å². The highest BCUT2D eigenvalue weighted by Gasteiger charge is 2.18. The van der Waals surface area contributed by atoms with E-state index in [9.17, 15) is 0 Å². The first-order valence-corrected chi connectivity index (χ1v) is 17.2. The van der Waals surface area contributed by atoms with Crippen LogP contribution in [0.5, 0.6) is 0 Å². The number of fused-ring (bicyclic) bond motifs is 1. The number of anilines is 3. The van der Waals surface area contributed by atoms with Crippen LogP contribution in [0.15, 0.2) is 194 Å². The molecule has 0 unspecified atom stereocenters. The Labute approximate surface area is 291 Å². The van der Waals surface area contributed by atoms with Crippen LogP contribution < -0.4 is 4.90 Å². The van der Waals surface area contributed by atoms with Crippen molar-refractivity contribution in [3.63, 3.8) is 0 Å². The van der Waals surface area contributed by atoms with Crippen molar-refractivity contribution in [3.05, 3.63) is 194 Å². The van der Waals surface area contributed by atoms with Crippen molar-refractivity contribution in [2.45, 2.75) is 0 Å². The van der Waals surface area contributed by atoms with Gasteiger partial charge in [0.15, 0.2) is 0 Å². The fourth-order valence-electron chi connectivity index (χ4n) is 7.77. The molecule has 0 spiro atoms. The van der Waals surface area contributed by atoms with E-state index in [4.69, 9.17) is 0 Å². The predicted molar refractivity (Wildman–Crippen MR) is 213 cm³/mol. The van der Waals surface area contributed by atoms with E-state index in [0.29, 0.717) is 0 Å². The highest BCUT2D eigenvalue weighted by molar-refractivity contribution is 6.24. The molecule has 1 aromatic heterocycles. The third-order valence-corrected chi connectivity index (χ3v) is 10.1. The zero-order chi connectivity index (χ0) is 33.0. The molecule has 0 atom stereocenters. The van der Waals surface area contributed by atoms with Gasteiger partial charge in [-0.05, 0) is 93.0 Å². The highest BCUT2D eigenvalue weighted by atomic mass is 15.1. The molecule has 0 saturated heterocycles. The quantitative estimate of drug-likeness (QED) is 0.165. The van der Waals surface area contributed by atoms with Crippen LogP contribution in [0, 0.1) is 0 Å². The van der Waals surface area contributed by atoms with Crippen molar-refractivity contribution in [3.8, 4) is 27.9 Å². The van der Waals surface area contributed by atoms with Crippen molar-refractivity contribution in [2.75, 3.05) is 4.90 Å². The average Bonchev–Trinajstić information content (AvgIpc) is 3.54. The second-order valence-electron chi connectivity index (χ2n) is 13.0. The Hall–Kier alpha value is -6.64. The van der Waals surface area contributed by atoms with Crippen molar-refractivity contribution >= 4 is 60.4 Å². The van der Waals surface area contributed by atoms with Crippen LogP contribution in [0.1, 0.15) is 0 Å². The van der Waals surface area contributed by atoms with Gasteiger partial charge in [0.2, 0.25) is 0 Å². The monoisotopic (exact) mass is 636 g/mol. The molecule has 2 heteroatoms. The zero-order valence-corrected chi connectivity index (χ0v) is 27.4. The number of benzene rings is 9. The third kappa shape index (κ3) is 4.57. The lowest BCUT2D eigenvalue weighted by Gasteiger charge is -2.27. The second-order valence-corrected chi connectivity index (χ2v) is 13.0. The summed E-state index contributed by atoms with van der Waals surface area (Å²) >= 11 is 0. The molecule has 0 aliphatic rings. The van der Waals surface area contributed by atoms with E-state index in [1.165, 1.54) is 71.3 Å². The lowest BCUT2D eigenvalue weighted by Crippen LogP contribution is -2.10. The number of hydrogen-bond donors (Lipinski definition) is 0. The summed E-state index contributed by atoms with van der Waals surface area (Å²) in [5.41, 5.74) is 11.9. The van der Waals surface area contributed by atoms with Crippen LogP contribution in [-0.4, -0.2) is 4.57 Å². The Kier molecular flexibility index (Phi) is 6.53. The van der Waals surface area contributed by atoms with Gasteiger partial charge in [-0.3, -0.25) is 0 Å². The SMILES string of the molecule is c1ccc(-c2ccc(N(c3ccc(-c4ccc(-n5c6cccc7ccc8cccc5c8c76)cc4)cc3)c3cccc4ccccc34)cc2)cc1. The molecule has 0 bridgehead atoms. The Morgan fingerprint density at radius 1 is 0.320 bits per heavy atom. The summed E-state index contributed by atoms with van der Waals surface area (Å²) in [5, 5.41) is 7.69. The van der Waals surface area contributed by atoms with Crippen molar-refractivity contribution in [1.29, 1.82) is 0 Å². The minimum Gasteiger partial charge on any atom is -0.310 e. The van der Waals surface area contributed by atoms with E-state index >= 15 is 0 Å². The van der Waals surface area contributed by atoms with Gasteiger partial charge in [-0.15, -0.1) is 0 Å². The maximum Gasteiger partial charge on any atom is 0.0547 e. The van der Waals surface area contributed by atoms with E-state index in [0.717, 1.165) is 17.1 Å². The largest absolute Gasteiger partial charge is 0.310 e. The van der Waals surface area contributed by atoms with Crippen LogP contribution in [0.25, 0.3) is 71.3 Å². The first-order valence-electron chi connectivity index (χ1n) is 17.2. The molecule has 0 N–H and O–H groups in total. The van der Waals surface area contributed by atoms with Gasteiger partial charge in [-0.2, -0.15) is 0 Å². The van der Waals surface area contributed by atoms with Gasteiger partial charge in [0.1, 0.15) is 0 Å². The lowest BCUT2D eigenvalue weighted by molar-refractivity contribution is 1.18. The van der Waals surface area contributed by atoms with E-state index in [1.807, 2.05) is 0 Å². The molecule has 234 valence electrons. The van der Waals surface area contributed by atoms with Gasteiger partial charge in [0.25, 0.3) is 0 Å². The average molecular weight is 637 g/mol. The number of hydrogen-bond acceptors (Lipinski definition) is 1. The summed E-state index contributed by atoms with van der Waals surface area (Å²) in [6.45, 7) is 0. The molecule has 2 nitrogen and oxygen atoms in total. The molecule has 50 heavy (non-hydrogen) atoms. The second kappa shape index (κ2) is 11.5. The number of rotatable bonds is 6. The van der Waals surface area contributed by atoms with Crippen LogP contribution in [-0.2, 0) is 0 Å². The van der Waals surface area contributed by atoms with Crippen LogP contribution in [0.3, 0.4) is 0 Å². The maximum absolute atomic E-state index is 2.41. The molecular formula is C48H32N2. The van der Waals surface area contributed by atoms with Gasteiger partial charge in [0.05, 0.1) is 16.7 Å². The Bertz CT molecular complexity index is 2700. The summed E-state index contributed by atoms with van der Waals surface area (Å²) in [5.74, 6) is 0. The van der Waals surface area contributed by atoms with Gasteiger partial charge in [-0.1, -0.05) is 140 Å². The number of aromatic nitrogens is 1. The van der Waals surface area contributed by atoms with E-state index < -0.39 is 0 Å². The minimum absolute atomic E-state index is 1.12. The lowest BCUT2D eigenvalue weighted by atomic mass is 10.0. The zero-order valence-electron chi connectivity index (χ0n) is 27.4. The van der Waals surface area contributed by atoms with Crippen LogP contribution in [0.2, 0.25) is 0 Å². The normalized spacial score (nSPS) is 11.6. The molecule has 10 rings (SSSR count). The molecular weight excluding hydrogens is 605 g/mol. The molecule has 1 heterocycles. The highest BCUT2D eigenvalue weighted by Crippen LogP contribution is 2.41. The van der Waals surface area contributed by atoms with Crippen LogP contribution >= 0.6 is 0 Å². The Balaban J connectivity index is 1.03. The Morgan fingerprint density at radius 2 is 0.780 bits per heavy atom. The number of nitrogens with zero attached hydrogens (tertiary/aromatic N) is 2. The van der Waals surface area contributed by atoms with Gasteiger partial charge < -0.3 is 9.47 Å². The van der Waals surface area contributed by atoms with Crippen molar-refractivity contribution < 1.29 is 0 Å². The maximum atomic E-state index is 2.41. The smallest absolute Gasteiger partial charge is 0.0547 e. The molecule has 0 saturated carbocycles. The molecule has 0 radical (unpaired) electrons. The first kappa shape index (κ1) is 28.4. The topological polar surface area (TPSA) is 8.17 Å². The van der Waals surface area contributed by atoms with E-state index in [1.54, 1.807) is 0 Å². The summed E-state index contributed by atoms with van der Waals surface area (Å²) in [4.78, 5) is 2.37. The fourth-order valence-corrected chi connectivity index (χ4v) is 7.77. The predicted octanol–water partition coefficient (Wildman–Crippen LogP) is 13.3. The Morgan fingerprint density at radius 3 is 1.38 bits per heavy atom. The van der Waals surface area contributed by atoms with Gasteiger partial charge >= 0.3 is 0 Å². The molecule has 10 aromatic rings. The summed E-state index contributed by atoms with van der Waals surface area (Å²) in [7, 11) is 0. The summed E-state index contributed by atoms with van der Waals surface area (Å²) in [6, 6.07) is 70.3. The fraction of sp³-hybridized carbons (Fsp3) is 0. The molecule has 9 aromatic carbocycles. The van der Waals surface area contributed by atoms with Crippen molar-refractivity contribution in [1.82, 2.24) is 4.57 Å². The molecule has 0 fully saturated rings. The van der Waals surface area contributed by atoms with E-state index in [-0.39, 0.29) is 0 Å². The van der Waals surface area contributed by atoms with E-state index in [2.05, 4.69) is 204 Å². The molecule has 0 amide bonds. The summed E-state index contributed by atoms with van der Waals surface area (Å²) in [6.07, 6.45) is 0. The van der Waals surface area contributed by atoms with Gasteiger partial charge in [-0.25, -0.2) is 0 Å². The van der Waals surface area contributed by atoms with Crippen molar-refractivity contribution in [2.24, 2.45) is 0 Å².